The Kier molecular flexibility index (Phi) is 4.94. The van der Waals surface area contributed by atoms with Crippen LogP contribution in [0.2, 0.25) is 0 Å². The Balaban J connectivity index is 1.66. The molecule has 1 spiro atoms. The van der Waals surface area contributed by atoms with Gasteiger partial charge in [-0.3, -0.25) is 4.79 Å². The maximum absolute atomic E-state index is 12.8. The van der Waals surface area contributed by atoms with Crippen molar-refractivity contribution in [2.45, 2.75) is 39.2 Å². The number of rotatable bonds is 1. The highest BCUT2D eigenvalue weighted by atomic mass is 79.9. The highest BCUT2D eigenvalue weighted by Crippen LogP contribution is 2.40. The Morgan fingerprint density at radius 1 is 1.15 bits per heavy atom. The van der Waals surface area contributed by atoms with Crippen molar-refractivity contribution in [3.63, 3.8) is 0 Å². The minimum Gasteiger partial charge on any atom is -0.507 e. The fourth-order valence-electron chi connectivity index (χ4n) is 3.71. The highest BCUT2D eigenvalue weighted by Gasteiger charge is 2.46. The maximum atomic E-state index is 12.8. The molecule has 7 heteroatoms. The van der Waals surface area contributed by atoms with Crippen molar-refractivity contribution >= 4 is 27.9 Å². The van der Waals surface area contributed by atoms with Crippen molar-refractivity contribution in [2.75, 3.05) is 26.2 Å². The molecule has 2 aliphatic rings. The van der Waals surface area contributed by atoms with Crippen LogP contribution in [0, 0.1) is 5.41 Å². The summed E-state index contributed by atoms with van der Waals surface area (Å²) in [7, 11) is 0. The van der Waals surface area contributed by atoms with Gasteiger partial charge in [-0.1, -0.05) is 15.9 Å². The van der Waals surface area contributed by atoms with Crippen LogP contribution < -0.4 is 0 Å². The van der Waals surface area contributed by atoms with Gasteiger partial charge in [0.1, 0.15) is 11.4 Å². The lowest BCUT2D eigenvalue weighted by Crippen LogP contribution is -2.38. The average Bonchev–Trinajstić information content (AvgIpc) is 3.15. The molecule has 2 heterocycles. The molecule has 2 aliphatic heterocycles. The molecule has 2 amide bonds. The van der Waals surface area contributed by atoms with Gasteiger partial charge in [0.2, 0.25) is 0 Å². The summed E-state index contributed by atoms with van der Waals surface area (Å²) in [6.45, 7) is 8.06. The van der Waals surface area contributed by atoms with Crippen LogP contribution in [0.5, 0.6) is 5.75 Å². The van der Waals surface area contributed by atoms with Crippen LogP contribution in [0.1, 0.15) is 44.0 Å². The minimum absolute atomic E-state index is 0.0130. The smallest absolute Gasteiger partial charge is 0.410 e. The van der Waals surface area contributed by atoms with E-state index in [1.54, 1.807) is 21.9 Å². The standard InChI is InChI=1S/C19H25BrN2O4/c1-18(2,3)26-17(25)22-9-7-19(12-22)6-8-21(11-19)16(24)14-10-13(20)4-5-15(14)23/h4-5,10,23H,6-9,11-12H2,1-3H3/t19-/m1/s1. The van der Waals surface area contributed by atoms with Crippen LogP contribution >= 0.6 is 15.9 Å². The lowest BCUT2D eigenvalue weighted by Gasteiger charge is -2.27. The predicted octanol–water partition coefficient (Wildman–Crippen LogP) is 3.63. The highest BCUT2D eigenvalue weighted by molar-refractivity contribution is 9.10. The third kappa shape index (κ3) is 3.98. The molecule has 3 rings (SSSR count). The summed E-state index contributed by atoms with van der Waals surface area (Å²) in [4.78, 5) is 28.6. The summed E-state index contributed by atoms with van der Waals surface area (Å²) in [5.74, 6) is -0.183. The van der Waals surface area contributed by atoms with Gasteiger partial charge in [-0.2, -0.15) is 0 Å². The number of hydrogen-bond acceptors (Lipinski definition) is 4. The molecule has 142 valence electrons. The molecule has 0 aromatic heterocycles. The summed E-state index contributed by atoms with van der Waals surface area (Å²) in [5.41, 5.74) is -0.282. The van der Waals surface area contributed by atoms with Gasteiger partial charge < -0.3 is 19.6 Å². The van der Waals surface area contributed by atoms with Crippen LogP contribution in [0.4, 0.5) is 4.79 Å². The van der Waals surface area contributed by atoms with E-state index in [1.807, 2.05) is 20.8 Å². The molecule has 1 aromatic carbocycles. The largest absolute Gasteiger partial charge is 0.507 e. The van der Waals surface area contributed by atoms with Gasteiger partial charge in [0.05, 0.1) is 5.56 Å². The number of likely N-dealkylation sites (tertiary alicyclic amines) is 2. The monoisotopic (exact) mass is 424 g/mol. The summed E-state index contributed by atoms with van der Waals surface area (Å²) in [5, 5.41) is 10.0. The first-order chi connectivity index (χ1) is 12.1. The van der Waals surface area contributed by atoms with E-state index in [0.29, 0.717) is 31.7 Å². The molecule has 6 nitrogen and oxygen atoms in total. The number of nitrogens with zero attached hydrogens (tertiary/aromatic N) is 2. The van der Waals surface area contributed by atoms with Crippen molar-refractivity contribution in [3.05, 3.63) is 28.2 Å². The van der Waals surface area contributed by atoms with Crippen molar-refractivity contribution in [1.29, 1.82) is 0 Å². The number of benzene rings is 1. The summed E-state index contributed by atoms with van der Waals surface area (Å²) < 4.78 is 6.22. The molecule has 1 aromatic rings. The number of ether oxygens (including phenoxy) is 1. The quantitative estimate of drug-likeness (QED) is 0.746. The lowest BCUT2D eigenvalue weighted by atomic mass is 9.86. The van der Waals surface area contributed by atoms with Crippen molar-refractivity contribution in [2.24, 2.45) is 5.41 Å². The molecular formula is C19H25BrN2O4. The van der Waals surface area contributed by atoms with E-state index in [1.165, 1.54) is 6.07 Å². The third-order valence-corrected chi connectivity index (χ3v) is 5.50. The molecule has 2 saturated heterocycles. The fraction of sp³-hybridized carbons (Fsp3) is 0.579. The van der Waals surface area contributed by atoms with E-state index in [-0.39, 0.29) is 23.2 Å². The Labute approximate surface area is 162 Å². The number of carbonyl (C=O) groups is 2. The van der Waals surface area contributed by atoms with Crippen LogP contribution in [0.3, 0.4) is 0 Å². The number of aromatic hydroxyl groups is 1. The minimum atomic E-state index is -0.511. The molecule has 0 unspecified atom stereocenters. The van der Waals surface area contributed by atoms with Crippen LogP contribution in [0.25, 0.3) is 0 Å². The molecule has 1 atom stereocenters. The van der Waals surface area contributed by atoms with E-state index in [9.17, 15) is 14.7 Å². The summed E-state index contributed by atoms with van der Waals surface area (Å²) >= 11 is 3.34. The number of carbonyl (C=O) groups excluding carboxylic acids is 2. The van der Waals surface area contributed by atoms with E-state index >= 15 is 0 Å². The van der Waals surface area contributed by atoms with Crippen LogP contribution in [-0.2, 0) is 4.74 Å². The molecule has 0 aliphatic carbocycles. The Morgan fingerprint density at radius 2 is 1.77 bits per heavy atom. The van der Waals surface area contributed by atoms with E-state index < -0.39 is 5.60 Å². The van der Waals surface area contributed by atoms with Gasteiger partial charge in [-0.15, -0.1) is 0 Å². The zero-order chi connectivity index (χ0) is 19.1. The fourth-order valence-corrected chi connectivity index (χ4v) is 4.07. The zero-order valence-corrected chi connectivity index (χ0v) is 17.0. The maximum Gasteiger partial charge on any atom is 0.410 e. The number of hydrogen-bond donors (Lipinski definition) is 1. The number of amides is 2. The predicted molar refractivity (Wildman–Crippen MR) is 101 cm³/mol. The van der Waals surface area contributed by atoms with Gasteiger partial charge in [0.15, 0.2) is 0 Å². The lowest BCUT2D eigenvalue weighted by molar-refractivity contribution is 0.0274. The van der Waals surface area contributed by atoms with Crippen molar-refractivity contribution in [1.82, 2.24) is 9.80 Å². The first-order valence-corrected chi connectivity index (χ1v) is 9.64. The topological polar surface area (TPSA) is 70.1 Å². The van der Waals surface area contributed by atoms with Gasteiger partial charge in [-0.25, -0.2) is 4.79 Å². The number of phenolic OH excluding ortho intramolecular Hbond substituents is 1. The molecular weight excluding hydrogens is 400 g/mol. The SMILES string of the molecule is CC(C)(C)OC(=O)N1CC[C@@]2(CCN(C(=O)c3cc(Br)ccc3O)C2)C1. The molecule has 1 N–H and O–H groups in total. The second-order valence-corrected chi connectivity index (χ2v) is 9.21. The first-order valence-electron chi connectivity index (χ1n) is 8.84. The molecule has 0 saturated carbocycles. The summed E-state index contributed by atoms with van der Waals surface area (Å²) in [6.07, 6.45) is 1.43. The van der Waals surface area contributed by atoms with Crippen LogP contribution in [-0.4, -0.2) is 58.7 Å². The molecule has 2 fully saturated rings. The van der Waals surface area contributed by atoms with E-state index in [0.717, 1.165) is 17.3 Å². The van der Waals surface area contributed by atoms with Gasteiger partial charge >= 0.3 is 6.09 Å². The Hall–Kier alpha value is -1.76. The second-order valence-electron chi connectivity index (χ2n) is 8.29. The van der Waals surface area contributed by atoms with Gasteiger partial charge in [-0.05, 0) is 51.8 Å². The van der Waals surface area contributed by atoms with Crippen molar-refractivity contribution < 1.29 is 19.4 Å². The van der Waals surface area contributed by atoms with E-state index in [4.69, 9.17) is 4.74 Å². The molecule has 26 heavy (non-hydrogen) atoms. The van der Waals surface area contributed by atoms with Gasteiger partial charge in [0.25, 0.3) is 5.91 Å². The third-order valence-electron chi connectivity index (χ3n) is 5.00. The Bertz CT molecular complexity index is 731. The average molecular weight is 425 g/mol. The summed E-state index contributed by atoms with van der Waals surface area (Å²) in [6, 6.07) is 4.86. The molecule has 0 bridgehead atoms. The number of halogens is 1. The zero-order valence-electron chi connectivity index (χ0n) is 15.4. The first kappa shape index (κ1) is 19.0. The second kappa shape index (κ2) is 6.76. The van der Waals surface area contributed by atoms with E-state index in [2.05, 4.69) is 15.9 Å². The van der Waals surface area contributed by atoms with Crippen molar-refractivity contribution in [3.8, 4) is 5.75 Å². The normalized spacial score (nSPS) is 22.9. The van der Waals surface area contributed by atoms with Crippen LogP contribution in [0.15, 0.2) is 22.7 Å². The Morgan fingerprint density at radius 3 is 2.42 bits per heavy atom. The number of phenols is 1. The molecule has 0 radical (unpaired) electrons. The van der Waals surface area contributed by atoms with Gasteiger partial charge in [0, 0.05) is 36.1 Å².